The molecule has 0 spiro atoms. The molecule has 0 bridgehead atoms. The molecule has 17 heavy (non-hydrogen) atoms. The van der Waals surface area contributed by atoms with Crippen LogP contribution in [0.25, 0.3) is 0 Å². The van der Waals surface area contributed by atoms with Gasteiger partial charge in [0.05, 0.1) is 0 Å². The van der Waals surface area contributed by atoms with E-state index in [-0.39, 0.29) is 0 Å². The highest BCUT2D eigenvalue weighted by Crippen LogP contribution is 2.28. The number of nitrogens with zero attached hydrogens (tertiary/aromatic N) is 1. The fourth-order valence-electron chi connectivity index (χ4n) is 3.27. The van der Waals surface area contributed by atoms with Crippen molar-refractivity contribution in [2.24, 2.45) is 11.1 Å². The first-order valence-corrected chi connectivity index (χ1v) is 7.43. The summed E-state index contributed by atoms with van der Waals surface area (Å²) >= 11 is 0. The van der Waals surface area contributed by atoms with Crippen LogP contribution in [0.5, 0.6) is 0 Å². The van der Waals surface area contributed by atoms with E-state index in [9.17, 15) is 0 Å². The SMILES string of the molecule is CCN(C1CCCCC1)C(CN)CC(C)(C)C. The number of hydrogen-bond donors (Lipinski definition) is 1. The van der Waals surface area contributed by atoms with E-state index in [0.29, 0.717) is 11.5 Å². The van der Waals surface area contributed by atoms with E-state index >= 15 is 0 Å². The van der Waals surface area contributed by atoms with Gasteiger partial charge in [-0.3, -0.25) is 4.90 Å². The maximum absolute atomic E-state index is 6.02. The summed E-state index contributed by atoms with van der Waals surface area (Å²) in [5.41, 5.74) is 6.40. The molecule has 0 saturated heterocycles. The molecule has 0 heterocycles. The Bertz CT molecular complexity index is 201. The Kier molecular flexibility index (Phi) is 5.94. The van der Waals surface area contributed by atoms with Crippen LogP contribution in [0.15, 0.2) is 0 Å². The van der Waals surface area contributed by atoms with Gasteiger partial charge in [0.1, 0.15) is 0 Å². The van der Waals surface area contributed by atoms with E-state index in [1.54, 1.807) is 0 Å². The lowest BCUT2D eigenvalue weighted by Gasteiger charge is -2.41. The average Bonchev–Trinajstić information content (AvgIpc) is 2.28. The quantitative estimate of drug-likeness (QED) is 0.798. The molecule has 1 unspecified atom stereocenters. The first kappa shape index (κ1) is 15.0. The van der Waals surface area contributed by atoms with Crippen LogP contribution in [0.2, 0.25) is 0 Å². The van der Waals surface area contributed by atoms with Crippen molar-refractivity contribution in [1.29, 1.82) is 0 Å². The van der Waals surface area contributed by atoms with Crippen LogP contribution < -0.4 is 5.73 Å². The maximum atomic E-state index is 6.02. The van der Waals surface area contributed by atoms with Crippen LogP contribution in [0.3, 0.4) is 0 Å². The van der Waals surface area contributed by atoms with Crippen LogP contribution in [-0.2, 0) is 0 Å². The van der Waals surface area contributed by atoms with Crippen molar-refractivity contribution >= 4 is 0 Å². The Morgan fingerprint density at radius 1 is 1.18 bits per heavy atom. The molecule has 0 aromatic heterocycles. The third kappa shape index (κ3) is 4.97. The van der Waals surface area contributed by atoms with Gasteiger partial charge in [0.25, 0.3) is 0 Å². The lowest BCUT2D eigenvalue weighted by Crippen LogP contribution is -2.48. The van der Waals surface area contributed by atoms with Gasteiger partial charge in [-0.1, -0.05) is 47.0 Å². The highest BCUT2D eigenvalue weighted by atomic mass is 15.2. The van der Waals surface area contributed by atoms with Gasteiger partial charge in [0.15, 0.2) is 0 Å². The molecule has 0 aromatic carbocycles. The second-order valence-electron chi connectivity index (χ2n) is 6.78. The van der Waals surface area contributed by atoms with Crippen LogP contribution >= 0.6 is 0 Å². The van der Waals surface area contributed by atoms with Gasteiger partial charge in [-0.05, 0) is 31.2 Å². The standard InChI is InChI=1S/C15H32N2/c1-5-17(13-9-7-6-8-10-13)14(12-16)11-15(2,3)4/h13-14H,5-12,16H2,1-4H3. The first-order chi connectivity index (χ1) is 7.98. The van der Waals surface area contributed by atoms with Gasteiger partial charge >= 0.3 is 0 Å². The Morgan fingerprint density at radius 2 is 1.76 bits per heavy atom. The second kappa shape index (κ2) is 6.75. The lowest BCUT2D eigenvalue weighted by molar-refractivity contribution is 0.0877. The predicted octanol–water partition coefficient (Wildman–Crippen LogP) is 3.40. The van der Waals surface area contributed by atoms with Crippen LogP contribution in [-0.4, -0.2) is 30.1 Å². The van der Waals surface area contributed by atoms with Gasteiger partial charge in [-0.15, -0.1) is 0 Å². The number of likely N-dealkylation sites (N-methyl/N-ethyl adjacent to an activating group) is 1. The van der Waals surface area contributed by atoms with Gasteiger partial charge in [0, 0.05) is 18.6 Å². The van der Waals surface area contributed by atoms with Crippen LogP contribution in [0, 0.1) is 5.41 Å². The molecule has 1 rings (SSSR count). The van der Waals surface area contributed by atoms with Crippen molar-refractivity contribution in [2.45, 2.75) is 78.3 Å². The molecule has 1 saturated carbocycles. The minimum Gasteiger partial charge on any atom is -0.329 e. The zero-order chi connectivity index (χ0) is 12.9. The minimum absolute atomic E-state index is 0.381. The van der Waals surface area contributed by atoms with Crippen molar-refractivity contribution in [1.82, 2.24) is 4.90 Å². The molecule has 1 aliphatic rings. The molecule has 1 aliphatic carbocycles. The van der Waals surface area contributed by atoms with E-state index in [2.05, 4.69) is 32.6 Å². The highest BCUT2D eigenvalue weighted by Gasteiger charge is 2.28. The molecule has 0 aliphatic heterocycles. The fraction of sp³-hybridized carbons (Fsp3) is 1.00. The molecular formula is C15H32N2. The molecule has 2 N–H and O–H groups in total. The van der Waals surface area contributed by atoms with E-state index in [4.69, 9.17) is 5.73 Å². The maximum Gasteiger partial charge on any atom is 0.0226 e. The molecule has 1 atom stereocenters. The predicted molar refractivity (Wildman–Crippen MR) is 76.2 cm³/mol. The van der Waals surface area contributed by atoms with Crippen LogP contribution in [0.1, 0.15) is 66.2 Å². The molecule has 0 aromatic rings. The van der Waals surface area contributed by atoms with E-state index in [1.165, 1.54) is 38.5 Å². The molecule has 1 fully saturated rings. The van der Waals surface area contributed by atoms with Gasteiger partial charge in [-0.25, -0.2) is 0 Å². The minimum atomic E-state index is 0.381. The summed E-state index contributed by atoms with van der Waals surface area (Å²) in [6.45, 7) is 11.2. The van der Waals surface area contributed by atoms with E-state index in [0.717, 1.165) is 19.1 Å². The third-order valence-electron chi connectivity index (χ3n) is 4.00. The summed E-state index contributed by atoms with van der Waals surface area (Å²) in [6, 6.07) is 1.37. The van der Waals surface area contributed by atoms with Gasteiger partial charge < -0.3 is 5.73 Å². The van der Waals surface area contributed by atoms with E-state index < -0.39 is 0 Å². The molecule has 2 nitrogen and oxygen atoms in total. The Labute approximate surface area is 108 Å². The largest absolute Gasteiger partial charge is 0.329 e. The summed E-state index contributed by atoms with van der Waals surface area (Å²) < 4.78 is 0. The first-order valence-electron chi connectivity index (χ1n) is 7.43. The average molecular weight is 240 g/mol. The summed E-state index contributed by atoms with van der Waals surface area (Å²) in [4.78, 5) is 2.68. The third-order valence-corrected chi connectivity index (χ3v) is 4.00. The normalized spacial score (nSPS) is 20.8. The highest BCUT2D eigenvalue weighted by molar-refractivity contribution is 4.84. The summed E-state index contributed by atoms with van der Waals surface area (Å²) in [5.74, 6) is 0. The van der Waals surface area contributed by atoms with Crippen molar-refractivity contribution in [3.8, 4) is 0 Å². The molecule has 0 amide bonds. The van der Waals surface area contributed by atoms with Crippen molar-refractivity contribution in [2.75, 3.05) is 13.1 Å². The molecular weight excluding hydrogens is 208 g/mol. The summed E-state index contributed by atoms with van der Waals surface area (Å²) in [7, 11) is 0. The zero-order valence-corrected chi connectivity index (χ0v) is 12.3. The smallest absolute Gasteiger partial charge is 0.0226 e. The summed E-state index contributed by atoms with van der Waals surface area (Å²) in [5, 5.41) is 0. The van der Waals surface area contributed by atoms with Gasteiger partial charge in [-0.2, -0.15) is 0 Å². The number of nitrogens with two attached hydrogens (primary N) is 1. The monoisotopic (exact) mass is 240 g/mol. The van der Waals surface area contributed by atoms with Crippen molar-refractivity contribution in [3.63, 3.8) is 0 Å². The summed E-state index contributed by atoms with van der Waals surface area (Å²) in [6.07, 6.45) is 8.24. The Morgan fingerprint density at radius 3 is 2.18 bits per heavy atom. The van der Waals surface area contributed by atoms with E-state index in [1.807, 2.05) is 0 Å². The second-order valence-corrected chi connectivity index (χ2v) is 6.78. The fourth-order valence-corrected chi connectivity index (χ4v) is 3.27. The Balaban J connectivity index is 2.61. The van der Waals surface area contributed by atoms with Crippen molar-refractivity contribution < 1.29 is 0 Å². The number of hydrogen-bond acceptors (Lipinski definition) is 2. The topological polar surface area (TPSA) is 29.3 Å². The van der Waals surface area contributed by atoms with Gasteiger partial charge in [0.2, 0.25) is 0 Å². The zero-order valence-electron chi connectivity index (χ0n) is 12.3. The molecule has 102 valence electrons. The lowest BCUT2D eigenvalue weighted by atomic mass is 9.85. The van der Waals surface area contributed by atoms with Crippen LogP contribution in [0.4, 0.5) is 0 Å². The molecule has 2 heteroatoms. The number of rotatable bonds is 5. The molecule has 0 radical (unpaired) electrons. The Hall–Kier alpha value is -0.0800. The van der Waals surface area contributed by atoms with Crippen molar-refractivity contribution in [3.05, 3.63) is 0 Å².